The summed E-state index contributed by atoms with van der Waals surface area (Å²) >= 11 is 6.01. The second kappa shape index (κ2) is 6.48. The molecule has 0 unspecified atom stereocenters. The van der Waals surface area contributed by atoms with Gasteiger partial charge >= 0.3 is 0 Å². The van der Waals surface area contributed by atoms with E-state index in [1.54, 1.807) is 31.0 Å². The molecule has 0 spiro atoms. The van der Waals surface area contributed by atoms with E-state index in [9.17, 15) is 9.18 Å². The molecule has 1 aromatic carbocycles. The predicted molar refractivity (Wildman–Crippen MR) is 67.7 cm³/mol. The van der Waals surface area contributed by atoms with Crippen molar-refractivity contribution in [2.24, 2.45) is 0 Å². The zero-order chi connectivity index (χ0) is 13.7. The minimum atomic E-state index is -0.314. The maximum atomic E-state index is 13.4. The van der Waals surface area contributed by atoms with Crippen molar-refractivity contribution in [3.05, 3.63) is 34.1 Å². The van der Waals surface area contributed by atoms with E-state index in [2.05, 4.69) is 0 Å². The first-order valence-electron chi connectivity index (χ1n) is 5.45. The fraction of sp³-hybridized carbons (Fsp3) is 0.385. The van der Waals surface area contributed by atoms with Gasteiger partial charge in [0.15, 0.2) is 5.78 Å². The molecule has 0 bridgehead atoms. The minimum Gasteiger partial charge on any atom is -0.297 e. The topological polar surface area (TPSA) is 44.1 Å². The number of benzene rings is 1. The molecule has 1 aromatic rings. The quantitative estimate of drug-likeness (QED) is 0.825. The van der Waals surface area contributed by atoms with E-state index in [1.165, 1.54) is 6.07 Å². The van der Waals surface area contributed by atoms with Gasteiger partial charge in [-0.05, 0) is 37.2 Å². The standard InChI is InChI=1S/C13H14ClFN2O/c1-9-5-12(14)10(6-13(9)15)7-17(2)8-11(18)3-4-16/h5-6H,3,7-8H2,1-2H3. The van der Waals surface area contributed by atoms with Crippen molar-refractivity contribution in [3.8, 4) is 6.07 Å². The lowest BCUT2D eigenvalue weighted by Crippen LogP contribution is -2.25. The molecule has 0 heterocycles. The second-order valence-corrected chi connectivity index (χ2v) is 4.65. The maximum absolute atomic E-state index is 13.4. The van der Waals surface area contributed by atoms with E-state index in [-0.39, 0.29) is 24.6 Å². The van der Waals surface area contributed by atoms with Crippen LogP contribution in [0.25, 0.3) is 0 Å². The van der Waals surface area contributed by atoms with Gasteiger partial charge in [-0.15, -0.1) is 0 Å². The van der Waals surface area contributed by atoms with E-state index < -0.39 is 0 Å². The number of nitriles is 1. The monoisotopic (exact) mass is 268 g/mol. The summed E-state index contributed by atoms with van der Waals surface area (Å²) in [6, 6.07) is 4.75. The summed E-state index contributed by atoms with van der Waals surface area (Å²) in [5.74, 6) is -0.477. The Hall–Kier alpha value is -1.44. The molecule has 0 aliphatic rings. The highest BCUT2D eigenvalue weighted by molar-refractivity contribution is 6.31. The van der Waals surface area contributed by atoms with Crippen LogP contribution in [0.5, 0.6) is 0 Å². The highest BCUT2D eigenvalue weighted by atomic mass is 35.5. The molecule has 0 saturated carbocycles. The molecular formula is C13H14ClFN2O. The van der Waals surface area contributed by atoms with Crippen LogP contribution in [0.2, 0.25) is 5.02 Å². The third-order valence-electron chi connectivity index (χ3n) is 2.49. The van der Waals surface area contributed by atoms with Crippen molar-refractivity contribution in [1.82, 2.24) is 4.90 Å². The molecule has 0 aliphatic carbocycles. The number of carbonyl (C=O) groups is 1. The first kappa shape index (κ1) is 14.6. The minimum absolute atomic E-state index is 0.111. The van der Waals surface area contributed by atoms with Crippen molar-refractivity contribution < 1.29 is 9.18 Å². The van der Waals surface area contributed by atoms with Gasteiger partial charge in [-0.1, -0.05) is 11.6 Å². The Bertz CT molecular complexity index is 496. The van der Waals surface area contributed by atoms with Crippen LogP contribution in [-0.4, -0.2) is 24.3 Å². The largest absolute Gasteiger partial charge is 0.297 e. The number of ketones is 1. The van der Waals surface area contributed by atoms with Gasteiger partial charge in [0, 0.05) is 11.6 Å². The number of hydrogen-bond donors (Lipinski definition) is 0. The SMILES string of the molecule is Cc1cc(Cl)c(CN(C)CC(=O)CC#N)cc1F. The molecule has 0 N–H and O–H groups in total. The lowest BCUT2D eigenvalue weighted by atomic mass is 10.1. The van der Waals surface area contributed by atoms with Crippen molar-refractivity contribution in [2.75, 3.05) is 13.6 Å². The fourth-order valence-electron chi connectivity index (χ4n) is 1.60. The zero-order valence-electron chi connectivity index (χ0n) is 10.3. The lowest BCUT2D eigenvalue weighted by Gasteiger charge is -2.16. The molecule has 5 heteroatoms. The smallest absolute Gasteiger partial charge is 0.160 e. The Labute approximate surface area is 111 Å². The third-order valence-corrected chi connectivity index (χ3v) is 2.84. The summed E-state index contributed by atoms with van der Waals surface area (Å²) < 4.78 is 13.4. The van der Waals surface area contributed by atoms with Crippen molar-refractivity contribution in [2.45, 2.75) is 19.9 Å². The molecule has 0 atom stereocenters. The molecule has 96 valence electrons. The molecule has 0 radical (unpaired) electrons. The summed E-state index contributed by atoms with van der Waals surface area (Å²) in [4.78, 5) is 13.0. The van der Waals surface area contributed by atoms with E-state index in [4.69, 9.17) is 16.9 Å². The Morgan fingerprint density at radius 1 is 1.56 bits per heavy atom. The normalized spacial score (nSPS) is 10.4. The number of hydrogen-bond acceptors (Lipinski definition) is 3. The Morgan fingerprint density at radius 3 is 2.83 bits per heavy atom. The first-order chi connectivity index (χ1) is 8.43. The summed E-state index contributed by atoms with van der Waals surface area (Å²) in [5, 5.41) is 8.87. The number of carbonyl (C=O) groups excluding carboxylic acids is 1. The molecule has 1 rings (SSSR count). The second-order valence-electron chi connectivity index (χ2n) is 4.24. The van der Waals surface area contributed by atoms with Crippen molar-refractivity contribution >= 4 is 17.4 Å². The van der Waals surface area contributed by atoms with Crippen LogP contribution in [-0.2, 0) is 11.3 Å². The van der Waals surface area contributed by atoms with Gasteiger partial charge in [0.1, 0.15) is 5.82 Å². The summed E-state index contributed by atoms with van der Waals surface area (Å²) in [6.45, 7) is 2.16. The molecule has 0 amide bonds. The average Bonchev–Trinajstić information content (AvgIpc) is 2.26. The highest BCUT2D eigenvalue weighted by Gasteiger charge is 2.11. The van der Waals surface area contributed by atoms with Crippen LogP contribution >= 0.6 is 11.6 Å². The van der Waals surface area contributed by atoms with Crippen LogP contribution in [0.3, 0.4) is 0 Å². The Balaban J connectivity index is 2.70. The van der Waals surface area contributed by atoms with Crippen molar-refractivity contribution in [1.29, 1.82) is 5.26 Å². The third kappa shape index (κ3) is 4.10. The summed E-state index contributed by atoms with van der Waals surface area (Å²) in [6.07, 6.45) is -0.111. The van der Waals surface area contributed by atoms with E-state index in [1.807, 2.05) is 0 Å². The number of aryl methyl sites for hydroxylation is 1. The molecule has 3 nitrogen and oxygen atoms in total. The van der Waals surface area contributed by atoms with Crippen LogP contribution in [0.15, 0.2) is 12.1 Å². The predicted octanol–water partition coefficient (Wildman–Crippen LogP) is 2.70. The van der Waals surface area contributed by atoms with Crippen LogP contribution < -0.4 is 0 Å². The number of Topliss-reactive ketones (excluding diaryl/α,β-unsaturated/α-hetero) is 1. The fourth-order valence-corrected chi connectivity index (χ4v) is 1.88. The van der Waals surface area contributed by atoms with E-state index in [0.717, 1.165) is 0 Å². The molecule has 0 saturated heterocycles. The maximum Gasteiger partial charge on any atom is 0.160 e. The highest BCUT2D eigenvalue weighted by Crippen LogP contribution is 2.21. The average molecular weight is 269 g/mol. The molecule has 0 aliphatic heterocycles. The van der Waals surface area contributed by atoms with Gasteiger partial charge in [0.25, 0.3) is 0 Å². The van der Waals surface area contributed by atoms with E-state index in [0.29, 0.717) is 22.7 Å². The van der Waals surface area contributed by atoms with Gasteiger partial charge in [-0.25, -0.2) is 4.39 Å². The van der Waals surface area contributed by atoms with Gasteiger partial charge in [-0.3, -0.25) is 9.69 Å². The number of likely N-dealkylation sites (N-methyl/N-ethyl adjacent to an activating group) is 1. The Morgan fingerprint density at radius 2 is 2.22 bits per heavy atom. The van der Waals surface area contributed by atoms with Gasteiger partial charge < -0.3 is 0 Å². The first-order valence-corrected chi connectivity index (χ1v) is 5.83. The summed E-state index contributed by atoms with van der Waals surface area (Å²) in [7, 11) is 1.73. The summed E-state index contributed by atoms with van der Waals surface area (Å²) in [5.41, 5.74) is 1.12. The number of nitrogens with zero attached hydrogens (tertiary/aromatic N) is 2. The van der Waals surface area contributed by atoms with Gasteiger partial charge in [0.05, 0.1) is 19.0 Å². The van der Waals surface area contributed by atoms with Crippen LogP contribution in [0.4, 0.5) is 4.39 Å². The van der Waals surface area contributed by atoms with Crippen LogP contribution in [0.1, 0.15) is 17.5 Å². The van der Waals surface area contributed by atoms with E-state index >= 15 is 0 Å². The Kier molecular flexibility index (Phi) is 5.26. The lowest BCUT2D eigenvalue weighted by molar-refractivity contribution is -0.119. The van der Waals surface area contributed by atoms with Gasteiger partial charge in [-0.2, -0.15) is 5.26 Å². The molecule has 18 heavy (non-hydrogen) atoms. The number of rotatable bonds is 5. The van der Waals surface area contributed by atoms with Crippen molar-refractivity contribution in [3.63, 3.8) is 0 Å². The molecule has 0 aromatic heterocycles. The molecule has 0 fully saturated rings. The zero-order valence-corrected chi connectivity index (χ0v) is 11.1. The number of halogens is 2. The van der Waals surface area contributed by atoms with Crippen LogP contribution in [0, 0.1) is 24.1 Å². The molecular weight excluding hydrogens is 255 g/mol. The van der Waals surface area contributed by atoms with Gasteiger partial charge in [0.2, 0.25) is 0 Å².